The second kappa shape index (κ2) is 5.59. The van der Waals surface area contributed by atoms with E-state index in [1.807, 2.05) is 0 Å². The smallest absolute Gasteiger partial charge is 0.295 e. The maximum atomic E-state index is 11.6. The van der Waals surface area contributed by atoms with Crippen LogP contribution < -0.4 is 11.2 Å². The molecule has 0 aliphatic rings. The molecular formula is C11H7BrClN3O4. The molecular weight excluding hydrogens is 353 g/mol. The zero-order chi connectivity index (χ0) is 14.9. The van der Waals surface area contributed by atoms with Gasteiger partial charge in [-0.25, -0.2) is 4.79 Å². The van der Waals surface area contributed by atoms with Crippen LogP contribution in [0.15, 0.2) is 38.5 Å². The Labute approximate surface area is 125 Å². The third-order valence-electron chi connectivity index (χ3n) is 2.55. The molecule has 1 aromatic heterocycles. The minimum atomic E-state index is -0.660. The van der Waals surface area contributed by atoms with Crippen LogP contribution in [0.3, 0.4) is 0 Å². The van der Waals surface area contributed by atoms with Gasteiger partial charge in [-0.1, -0.05) is 11.6 Å². The monoisotopic (exact) mass is 359 g/mol. The summed E-state index contributed by atoms with van der Waals surface area (Å²) in [5, 5.41) is 11.3. The van der Waals surface area contributed by atoms with Gasteiger partial charge in [-0.2, -0.15) is 0 Å². The number of hydrogen-bond donors (Lipinski definition) is 1. The molecule has 0 spiro atoms. The van der Waals surface area contributed by atoms with Crippen LogP contribution in [-0.4, -0.2) is 14.5 Å². The number of halogens is 2. The van der Waals surface area contributed by atoms with Crippen LogP contribution in [-0.2, 0) is 6.54 Å². The van der Waals surface area contributed by atoms with Gasteiger partial charge in [0, 0.05) is 17.3 Å². The summed E-state index contributed by atoms with van der Waals surface area (Å²) in [5.74, 6) is 0. The Bertz CT molecular complexity index is 799. The molecule has 20 heavy (non-hydrogen) atoms. The molecule has 1 aromatic carbocycles. The fraction of sp³-hybridized carbons (Fsp3) is 0.0909. The lowest BCUT2D eigenvalue weighted by Gasteiger charge is -2.07. The molecule has 7 nitrogen and oxygen atoms in total. The van der Waals surface area contributed by atoms with E-state index in [1.54, 1.807) is 0 Å². The number of nitro groups is 1. The van der Waals surface area contributed by atoms with Crippen molar-refractivity contribution in [3.05, 3.63) is 70.4 Å². The molecule has 0 atom stereocenters. The first-order valence-electron chi connectivity index (χ1n) is 5.30. The summed E-state index contributed by atoms with van der Waals surface area (Å²) in [4.78, 5) is 35.3. The quantitative estimate of drug-likeness (QED) is 0.667. The van der Waals surface area contributed by atoms with Crippen molar-refractivity contribution < 1.29 is 4.92 Å². The molecule has 0 aliphatic heterocycles. The van der Waals surface area contributed by atoms with Crippen molar-refractivity contribution in [2.75, 3.05) is 0 Å². The third-order valence-corrected chi connectivity index (χ3v) is 3.35. The SMILES string of the molecule is O=c1[nH]c(=O)n(Cc2cc(Cl)ccc2[N+](=O)[O-])cc1Br. The second-order valence-electron chi connectivity index (χ2n) is 3.89. The Kier molecular flexibility index (Phi) is 4.05. The van der Waals surface area contributed by atoms with Gasteiger partial charge in [-0.3, -0.25) is 24.5 Å². The molecule has 0 unspecified atom stereocenters. The fourth-order valence-electron chi connectivity index (χ4n) is 1.64. The van der Waals surface area contributed by atoms with Gasteiger partial charge in [-0.15, -0.1) is 0 Å². The Morgan fingerprint density at radius 1 is 1.40 bits per heavy atom. The number of nitro benzene ring substituents is 1. The maximum absolute atomic E-state index is 11.6. The predicted molar refractivity (Wildman–Crippen MR) is 76.2 cm³/mol. The fourth-order valence-corrected chi connectivity index (χ4v) is 2.18. The van der Waals surface area contributed by atoms with Crippen LogP contribution >= 0.6 is 27.5 Å². The van der Waals surface area contributed by atoms with Crippen molar-refractivity contribution in [2.45, 2.75) is 6.54 Å². The molecule has 9 heteroatoms. The number of nitrogens with zero attached hydrogens (tertiary/aromatic N) is 2. The zero-order valence-electron chi connectivity index (χ0n) is 9.80. The Hall–Kier alpha value is -1.93. The van der Waals surface area contributed by atoms with Crippen LogP contribution in [0.4, 0.5) is 5.69 Å². The molecule has 2 rings (SSSR count). The highest BCUT2D eigenvalue weighted by molar-refractivity contribution is 9.10. The normalized spacial score (nSPS) is 10.5. The van der Waals surface area contributed by atoms with Crippen molar-refractivity contribution >= 4 is 33.2 Å². The van der Waals surface area contributed by atoms with E-state index in [-0.39, 0.29) is 22.3 Å². The first kappa shape index (κ1) is 14.5. The molecule has 0 saturated carbocycles. The van der Waals surface area contributed by atoms with Gasteiger partial charge in [0.05, 0.1) is 21.5 Å². The topological polar surface area (TPSA) is 98.0 Å². The van der Waals surface area contributed by atoms with Crippen LogP contribution in [0, 0.1) is 10.1 Å². The average molecular weight is 361 g/mol. The van der Waals surface area contributed by atoms with Crippen molar-refractivity contribution in [1.29, 1.82) is 0 Å². The van der Waals surface area contributed by atoms with E-state index in [1.165, 1.54) is 24.4 Å². The van der Waals surface area contributed by atoms with E-state index in [4.69, 9.17) is 11.6 Å². The first-order chi connectivity index (χ1) is 9.38. The number of benzene rings is 1. The molecule has 1 heterocycles. The van der Waals surface area contributed by atoms with Crippen LogP contribution in [0.5, 0.6) is 0 Å². The number of aromatic amines is 1. The van der Waals surface area contributed by atoms with Gasteiger partial charge in [0.25, 0.3) is 11.2 Å². The van der Waals surface area contributed by atoms with Gasteiger partial charge in [0.1, 0.15) is 0 Å². The van der Waals surface area contributed by atoms with Gasteiger partial charge in [0.15, 0.2) is 0 Å². The van der Waals surface area contributed by atoms with Crippen molar-refractivity contribution in [1.82, 2.24) is 9.55 Å². The molecule has 0 radical (unpaired) electrons. The first-order valence-corrected chi connectivity index (χ1v) is 6.47. The molecule has 0 saturated heterocycles. The summed E-state index contributed by atoms with van der Waals surface area (Å²) in [6.07, 6.45) is 1.27. The number of H-pyrrole nitrogens is 1. The minimum Gasteiger partial charge on any atom is -0.295 e. The lowest BCUT2D eigenvalue weighted by Crippen LogP contribution is -2.30. The summed E-state index contributed by atoms with van der Waals surface area (Å²) >= 11 is 8.80. The summed E-state index contributed by atoms with van der Waals surface area (Å²) in [6.45, 7) is -0.0783. The lowest BCUT2D eigenvalue weighted by molar-refractivity contribution is -0.385. The van der Waals surface area contributed by atoms with E-state index in [0.717, 1.165) is 4.57 Å². The largest absolute Gasteiger partial charge is 0.328 e. The standard InChI is InChI=1S/C11H7BrClN3O4/c12-8-5-15(11(18)14-10(8)17)4-6-3-7(13)1-2-9(6)16(19)20/h1-3,5H,4H2,(H,14,17,18). The second-order valence-corrected chi connectivity index (χ2v) is 5.19. The highest BCUT2D eigenvalue weighted by Gasteiger charge is 2.15. The lowest BCUT2D eigenvalue weighted by atomic mass is 10.2. The van der Waals surface area contributed by atoms with Crippen LogP contribution in [0.1, 0.15) is 5.56 Å². The molecule has 0 bridgehead atoms. The van der Waals surface area contributed by atoms with Crippen molar-refractivity contribution in [2.24, 2.45) is 0 Å². The predicted octanol–water partition coefficient (Wildman–Crippen LogP) is 1.91. The van der Waals surface area contributed by atoms with Crippen molar-refractivity contribution in [3.63, 3.8) is 0 Å². The highest BCUT2D eigenvalue weighted by Crippen LogP contribution is 2.23. The molecule has 0 aliphatic carbocycles. The van der Waals surface area contributed by atoms with Crippen LogP contribution in [0.25, 0.3) is 0 Å². The van der Waals surface area contributed by atoms with E-state index < -0.39 is 16.2 Å². The van der Waals surface area contributed by atoms with Crippen molar-refractivity contribution in [3.8, 4) is 0 Å². The van der Waals surface area contributed by atoms with Gasteiger partial charge in [0.2, 0.25) is 0 Å². The summed E-state index contributed by atoms with van der Waals surface area (Å²) in [7, 11) is 0. The summed E-state index contributed by atoms with van der Waals surface area (Å²) < 4.78 is 1.30. The molecule has 0 amide bonds. The van der Waals surface area contributed by atoms with Gasteiger partial charge in [-0.05, 0) is 28.1 Å². The summed E-state index contributed by atoms with van der Waals surface area (Å²) in [5.41, 5.74) is -1.11. The number of rotatable bonds is 3. The number of aromatic nitrogens is 2. The molecule has 1 N–H and O–H groups in total. The summed E-state index contributed by atoms with van der Waals surface area (Å²) in [6, 6.07) is 4.07. The molecule has 0 fully saturated rings. The third kappa shape index (κ3) is 2.97. The van der Waals surface area contributed by atoms with Gasteiger partial charge < -0.3 is 0 Å². The number of hydrogen-bond acceptors (Lipinski definition) is 4. The Balaban J connectivity index is 2.52. The average Bonchev–Trinajstić information content (AvgIpc) is 2.35. The van der Waals surface area contributed by atoms with E-state index in [0.29, 0.717) is 5.02 Å². The van der Waals surface area contributed by atoms with E-state index >= 15 is 0 Å². The minimum absolute atomic E-state index is 0.0783. The Morgan fingerprint density at radius 3 is 2.75 bits per heavy atom. The highest BCUT2D eigenvalue weighted by atomic mass is 79.9. The molecule has 104 valence electrons. The van der Waals surface area contributed by atoms with Gasteiger partial charge >= 0.3 is 5.69 Å². The molecule has 2 aromatic rings. The Morgan fingerprint density at radius 2 is 2.10 bits per heavy atom. The maximum Gasteiger partial charge on any atom is 0.328 e. The van der Waals surface area contributed by atoms with Crippen LogP contribution in [0.2, 0.25) is 5.02 Å². The van der Waals surface area contributed by atoms with E-state index in [2.05, 4.69) is 20.9 Å². The zero-order valence-corrected chi connectivity index (χ0v) is 12.1. The number of nitrogens with one attached hydrogen (secondary N) is 1. The van der Waals surface area contributed by atoms with E-state index in [9.17, 15) is 19.7 Å².